The molecule has 0 saturated carbocycles. The van der Waals surface area contributed by atoms with Crippen LogP contribution in [0, 0.1) is 0 Å². The van der Waals surface area contributed by atoms with Crippen LogP contribution >= 0.6 is 0 Å². The van der Waals surface area contributed by atoms with Crippen molar-refractivity contribution in [2.45, 2.75) is 0 Å². The van der Waals surface area contributed by atoms with E-state index in [-0.39, 0.29) is 14.5 Å². The molecule has 0 aliphatic carbocycles. The minimum absolute atomic E-state index is 0.104. The predicted octanol–water partition coefficient (Wildman–Crippen LogP) is 8.96. The average molecular weight is 616 g/mol. The van der Waals surface area contributed by atoms with Crippen molar-refractivity contribution >= 4 is 35.1 Å². The molecule has 0 saturated heterocycles. The van der Waals surface area contributed by atoms with Crippen molar-refractivity contribution in [1.82, 2.24) is 19.9 Å². The number of hydrogen-bond acceptors (Lipinski definition) is 4. The molecule has 0 aliphatic heterocycles. The van der Waals surface area contributed by atoms with Crippen LogP contribution in [0.2, 0.25) is 0 Å². The van der Waals surface area contributed by atoms with Crippen molar-refractivity contribution in [3.63, 3.8) is 0 Å². The second-order valence-corrected chi connectivity index (χ2v) is 12.4. The Morgan fingerprint density at radius 3 is 1.58 bits per heavy atom. The molecule has 0 bridgehead atoms. The molecular formula is C38H24N4Se. The van der Waals surface area contributed by atoms with E-state index in [1.807, 2.05) is 60.7 Å². The maximum atomic E-state index is 5.07. The summed E-state index contributed by atoms with van der Waals surface area (Å²) in [6.07, 6.45) is 0. The van der Waals surface area contributed by atoms with E-state index in [4.69, 9.17) is 19.9 Å². The fourth-order valence-electron chi connectivity index (χ4n) is 5.46. The maximum absolute atomic E-state index is 5.07. The zero-order valence-electron chi connectivity index (χ0n) is 23.1. The quantitative estimate of drug-likeness (QED) is 0.181. The zero-order chi connectivity index (χ0) is 28.6. The Balaban J connectivity index is 1.29. The van der Waals surface area contributed by atoms with Crippen molar-refractivity contribution in [3.8, 4) is 55.4 Å². The van der Waals surface area contributed by atoms with Crippen LogP contribution in [-0.4, -0.2) is 34.4 Å². The van der Waals surface area contributed by atoms with Crippen molar-refractivity contribution < 1.29 is 0 Å². The van der Waals surface area contributed by atoms with Crippen molar-refractivity contribution in [1.29, 1.82) is 0 Å². The number of benzene rings is 6. The average Bonchev–Trinajstić information content (AvgIpc) is 3.54. The Morgan fingerprint density at radius 2 is 0.930 bits per heavy atom. The molecule has 6 aromatic carbocycles. The van der Waals surface area contributed by atoms with Gasteiger partial charge in [0.25, 0.3) is 0 Å². The van der Waals surface area contributed by atoms with E-state index in [1.54, 1.807) is 0 Å². The van der Waals surface area contributed by atoms with Gasteiger partial charge in [-0.15, -0.1) is 0 Å². The molecule has 0 aliphatic rings. The standard InChI is InChI=1S/C38H24N4Se/c1-4-12-26(13-5-1)35-40-36(27-14-6-2-7-15-27)42-37(41-35)30-20-10-19-29(24-30)31-21-11-18-25-22-23-32-34(33(25)31)43-38(39-32)28-16-8-3-9-17-28/h1-24H. The van der Waals surface area contributed by atoms with Crippen molar-refractivity contribution in [2.75, 3.05) is 0 Å². The van der Waals surface area contributed by atoms with E-state index in [2.05, 4.69) is 84.9 Å². The Hall–Kier alpha value is -5.22. The minimum atomic E-state index is 0.104. The Bertz CT molecular complexity index is 2170. The van der Waals surface area contributed by atoms with Gasteiger partial charge in [-0.1, -0.05) is 12.1 Å². The molecule has 4 nitrogen and oxygen atoms in total. The van der Waals surface area contributed by atoms with Crippen LogP contribution in [0.5, 0.6) is 0 Å². The van der Waals surface area contributed by atoms with Gasteiger partial charge < -0.3 is 0 Å². The van der Waals surface area contributed by atoms with Crippen LogP contribution in [0.3, 0.4) is 0 Å². The molecule has 0 unspecified atom stereocenters. The number of fused-ring (bicyclic) bond motifs is 3. The summed E-state index contributed by atoms with van der Waals surface area (Å²) in [5.41, 5.74) is 7.47. The molecule has 43 heavy (non-hydrogen) atoms. The SMILES string of the molecule is c1ccc(-c2nc(-c3ccccc3)nc(-c3cccc(-c4cccc5ccc6nc(-c7ccccc7)[se]c6c45)c3)n2)cc1. The van der Waals surface area contributed by atoms with Crippen LogP contribution in [0.1, 0.15) is 0 Å². The fourth-order valence-corrected chi connectivity index (χ4v) is 7.85. The number of hydrogen-bond donors (Lipinski definition) is 0. The molecule has 0 N–H and O–H groups in total. The first-order chi connectivity index (χ1) is 21.3. The van der Waals surface area contributed by atoms with Crippen LogP contribution in [0.4, 0.5) is 0 Å². The molecule has 0 spiro atoms. The van der Waals surface area contributed by atoms with Crippen molar-refractivity contribution in [3.05, 3.63) is 146 Å². The molecule has 8 rings (SSSR count). The summed E-state index contributed by atoms with van der Waals surface area (Å²) < 4.78 is 2.51. The molecule has 0 fully saturated rings. The molecule has 0 atom stereocenters. The summed E-state index contributed by atoms with van der Waals surface area (Å²) in [4.78, 5) is 19.8. The molecule has 8 aromatic rings. The van der Waals surface area contributed by atoms with Gasteiger partial charge in [-0.25, -0.2) is 0 Å². The molecular weight excluding hydrogens is 591 g/mol. The summed E-state index contributed by atoms with van der Waals surface area (Å²) in [5, 5.41) is 2.50. The van der Waals surface area contributed by atoms with Crippen molar-refractivity contribution in [2.24, 2.45) is 0 Å². The van der Waals surface area contributed by atoms with Crippen LogP contribution in [0.15, 0.2) is 146 Å². The van der Waals surface area contributed by atoms with Crippen LogP contribution in [0.25, 0.3) is 76.0 Å². The summed E-state index contributed by atoms with van der Waals surface area (Å²) in [7, 11) is 0. The third-order valence-electron chi connectivity index (χ3n) is 7.55. The van der Waals surface area contributed by atoms with E-state index >= 15 is 0 Å². The van der Waals surface area contributed by atoms with Gasteiger partial charge in [0.05, 0.1) is 0 Å². The zero-order valence-corrected chi connectivity index (χ0v) is 24.8. The first kappa shape index (κ1) is 25.5. The van der Waals surface area contributed by atoms with Gasteiger partial charge in [-0.3, -0.25) is 0 Å². The van der Waals surface area contributed by atoms with Gasteiger partial charge in [0.2, 0.25) is 0 Å². The Labute approximate surface area is 255 Å². The van der Waals surface area contributed by atoms with Gasteiger partial charge in [-0.2, -0.15) is 0 Å². The summed E-state index contributed by atoms with van der Waals surface area (Å²) >= 11 is 0.104. The second-order valence-electron chi connectivity index (χ2n) is 10.3. The van der Waals surface area contributed by atoms with Gasteiger partial charge in [0.1, 0.15) is 0 Å². The first-order valence-electron chi connectivity index (χ1n) is 14.2. The summed E-state index contributed by atoms with van der Waals surface area (Å²) in [6, 6.07) is 50.2. The number of rotatable bonds is 5. The number of nitrogens with zero attached hydrogens (tertiary/aromatic N) is 4. The molecule has 2 aromatic heterocycles. The van der Waals surface area contributed by atoms with E-state index < -0.39 is 0 Å². The third kappa shape index (κ3) is 4.85. The third-order valence-corrected chi connectivity index (χ3v) is 9.94. The molecule has 5 heteroatoms. The summed E-state index contributed by atoms with van der Waals surface area (Å²) in [6.45, 7) is 0. The van der Waals surface area contributed by atoms with Crippen LogP contribution in [-0.2, 0) is 0 Å². The molecule has 0 amide bonds. The van der Waals surface area contributed by atoms with Gasteiger partial charge in [-0.05, 0) is 0 Å². The van der Waals surface area contributed by atoms with E-state index in [9.17, 15) is 0 Å². The van der Waals surface area contributed by atoms with E-state index in [1.165, 1.54) is 30.7 Å². The normalized spacial score (nSPS) is 11.3. The second kappa shape index (κ2) is 10.9. The van der Waals surface area contributed by atoms with Gasteiger partial charge in [0.15, 0.2) is 0 Å². The fraction of sp³-hybridized carbons (Fsp3) is 0. The Kier molecular flexibility index (Phi) is 6.45. The Morgan fingerprint density at radius 1 is 0.395 bits per heavy atom. The molecule has 202 valence electrons. The van der Waals surface area contributed by atoms with Gasteiger partial charge in [0, 0.05) is 0 Å². The number of aromatic nitrogens is 4. The van der Waals surface area contributed by atoms with E-state index in [0.717, 1.165) is 27.8 Å². The predicted molar refractivity (Wildman–Crippen MR) is 177 cm³/mol. The van der Waals surface area contributed by atoms with Crippen LogP contribution < -0.4 is 0 Å². The first-order valence-corrected chi connectivity index (χ1v) is 15.9. The molecule has 0 radical (unpaired) electrons. The van der Waals surface area contributed by atoms with Gasteiger partial charge >= 0.3 is 244 Å². The molecule has 2 heterocycles. The summed E-state index contributed by atoms with van der Waals surface area (Å²) in [5.74, 6) is 1.97. The monoisotopic (exact) mass is 616 g/mol. The van der Waals surface area contributed by atoms with E-state index in [0.29, 0.717) is 17.5 Å². The topological polar surface area (TPSA) is 51.6 Å².